The maximum atomic E-state index is 11.8. The number of carbonyl (C=O) groups is 1. The summed E-state index contributed by atoms with van der Waals surface area (Å²) in [7, 11) is 0. The van der Waals surface area contributed by atoms with Crippen molar-refractivity contribution >= 4 is 33.6 Å². The van der Waals surface area contributed by atoms with E-state index in [-0.39, 0.29) is 12.3 Å². The fraction of sp³-hybridized carbons (Fsp3) is 0.231. The first-order valence-electron chi connectivity index (χ1n) is 6.15. The van der Waals surface area contributed by atoms with E-state index in [1.165, 1.54) is 6.08 Å². The van der Waals surface area contributed by atoms with E-state index in [1.54, 1.807) is 13.0 Å². The number of nitrogens with zero attached hydrogens (tertiary/aromatic N) is 5. The molecule has 0 saturated carbocycles. The second-order valence-corrected chi connectivity index (χ2v) is 4.84. The zero-order valence-corrected chi connectivity index (χ0v) is 13.0. The van der Waals surface area contributed by atoms with Crippen molar-refractivity contribution in [1.82, 2.24) is 9.38 Å². The average molecular weight is 350 g/mol. The topological polar surface area (TPSA) is 92.4 Å². The van der Waals surface area contributed by atoms with Crippen LogP contribution in [0, 0.1) is 6.92 Å². The Hall–Kier alpha value is -2.31. The first-order chi connectivity index (χ1) is 10.1. The maximum Gasteiger partial charge on any atom is 0.340 e. The van der Waals surface area contributed by atoms with Gasteiger partial charge < -0.3 is 4.74 Å². The van der Waals surface area contributed by atoms with E-state index < -0.39 is 5.97 Å². The van der Waals surface area contributed by atoms with Crippen LogP contribution in [0.4, 0.5) is 0 Å². The molecule has 0 aliphatic heterocycles. The molecule has 0 aliphatic rings. The lowest BCUT2D eigenvalue weighted by Gasteiger charge is -2.03. The minimum Gasteiger partial charge on any atom is -0.462 e. The van der Waals surface area contributed by atoms with E-state index in [4.69, 9.17) is 10.3 Å². The molecular weight excluding hydrogens is 338 g/mol. The molecule has 0 radical (unpaired) electrons. The lowest BCUT2D eigenvalue weighted by Crippen LogP contribution is -2.05. The summed E-state index contributed by atoms with van der Waals surface area (Å²) in [5.74, 6) is -0.667. The van der Waals surface area contributed by atoms with E-state index in [2.05, 4.69) is 30.9 Å². The number of aromatic nitrogens is 2. The molecule has 21 heavy (non-hydrogen) atoms. The van der Waals surface area contributed by atoms with Crippen molar-refractivity contribution in [3.05, 3.63) is 50.3 Å². The molecular formula is C13H12BrN5O2. The van der Waals surface area contributed by atoms with Crippen molar-refractivity contribution in [3.63, 3.8) is 0 Å². The lowest BCUT2D eigenvalue weighted by atomic mass is 10.2. The Morgan fingerprint density at radius 2 is 2.43 bits per heavy atom. The Morgan fingerprint density at radius 3 is 3.10 bits per heavy atom. The molecule has 2 rings (SSSR count). The smallest absolute Gasteiger partial charge is 0.340 e. The van der Waals surface area contributed by atoms with Gasteiger partial charge in [0.1, 0.15) is 15.9 Å². The molecule has 7 nitrogen and oxygen atoms in total. The summed E-state index contributed by atoms with van der Waals surface area (Å²) in [4.78, 5) is 18.8. The fourth-order valence-electron chi connectivity index (χ4n) is 1.81. The largest absolute Gasteiger partial charge is 0.462 e. The van der Waals surface area contributed by atoms with Crippen molar-refractivity contribution in [2.45, 2.75) is 13.8 Å². The molecule has 8 heteroatoms. The maximum absolute atomic E-state index is 11.8. The van der Waals surface area contributed by atoms with Crippen molar-refractivity contribution < 1.29 is 9.53 Å². The van der Waals surface area contributed by atoms with Crippen LogP contribution in [0.5, 0.6) is 0 Å². The van der Waals surface area contributed by atoms with Gasteiger partial charge in [-0.2, -0.15) is 0 Å². The molecule has 0 saturated heterocycles. The molecule has 0 bridgehead atoms. The Bertz CT molecular complexity index is 774. The first kappa shape index (κ1) is 15.1. The molecule has 2 heterocycles. The van der Waals surface area contributed by atoms with Gasteiger partial charge in [0.05, 0.1) is 12.3 Å². The van der Waals surface area contributed by atoms with Gasteiger partial charge in [-0.25, -0.2) is 9.78 Å². The summed E-state index contributed by atoms with van der Waals surface area (Å²) in [5, 5.41) is 3.39. The Balaban J connectivity index is 2.59. The molecule has 0 unspecified atom stereocenters. The Kier molecular flexibility index (Phi) is 4.62. The zero-order valence-electron chi connectivity index (χ0n) is 11.4. The van der Waals surface area contributed by atoms with E-state index in [9.17, 15) is 4.79 Å². The monoisotopic (exact) mass is 349 g/mol. The van der Waals surface area contributed by atoms with Gasteiger partial charge in [0, 0.05) is 16.7 Å². The number of hydrogen-bond acceptors (Lipinski definition) is 4. The van der Waals surface area contributed by atoms with Crippen LogP contribution >= 0.6 is 15.9 Å². The molecule has 0 fully saturated rings. The lowest BCUT2D eigenvalue weighted by molar-refractivity contribution is -0.138. The molecule has 2 aromatic rings. The van der Waals surface area contributed by atoms with Crippen LogP contribution in [0.3, 0.4) is 0 Å². The van der Waals surface area contributed by atoms with Gasteiger partial charge in [-0.05, 0) is 53.5 Å². The van der Waals surface area contributed by atoms with Gasteiger partial charge >= 0.3 is 5.97 Å². The number of carbonyl (C=O) groups excluding carboxylic acids is 1. The minimum atomic E-state index is -0.667. The average Bonchev–Trinajstić information content (AvgIpc) is 2.75. The summed E-state index contributed by atoms with van der Waals surface area (Å²) in [5.41, 5.74) is 10.6. The van der Waals surface area contributed by atoms with Crippen molar-refractivity contribution in [2.24, 2.45) is 5.11 Å². The number of aryl methyl sites for hydroxylation is 1. The number of halogens is 1. The molecule has 2 aromatic heterocycles. The highest BCUT2D eigenvalue weighted by molar-refractivity contribution is 9.10. The van der Waals surface area contributed by atoms with Crippen LogP contribution in [-0.2, 0) is 9.53 Å². The summed E-state index contributed by atoms with van der Waals surface area (Å²) >= 11 is 3.44. The molecule has 0 amide bonds. The van der Waals surface area contributed by atoms with Gasteiger partial charge in [-0.15, -0.1) is 0 Å². The zero-order chi connectivity index (χ0) is 15.4. The third-order valence-corrected chi connectivity index (χ3v) is 3.67. The number of hydrogen-bond donors (Lipinski definition) is 0. The number of pyridine rings is 1. The molecule has 0 spiro atoms. The molecule has 108 valence electrons. The SMILES string of the molecule is CCOC(=O)C(=Cc1cccn2c(Br)c(C)nc12)N=[N+]=[N-]. The third-order valence-electron chi connectivity index (χ3n) is 2.71. The Labute approximate surface area is 129 Å². The normalized spacial score (nSPS) is 11.3. The van der Waals surface area contributed by atoms with Gasteiger partial charge in [-0.1, -0.05) is 5.11 Å². The molecule has 0 atom stereocenters. The second kappa shape index (κ2) is 6.43. The van der Waals surface area contributed by atoms with Crippen LogP contribution in [0.25, 0.3) is 22.2 Å². The number of esters is 1. The first-order valence-corrected chi connectivity index (χ1v) is 6.94. The van der Waals surface area contributed by atoms with Gasteiger partial charge in [0.25, 0.3) is 0 Å². The standard InChI is InChI=1S/C13H12BrN5O2/c1-3-21-13(20)10(17-18-15)7-9-5-4-6-19-11(14)8(2)16-12(9)19/h4-7H,3H2,1-2H3. The summed E-state index contributed by atoms with van der Waals surface area (Å²) in [6.45, 7) is 3.75. The van der Waals surface area contributed by atoms with Gasteiger partial charge in [-0.3, -0.25) is 4.40 Å². The van der Waals surface area contributed by atoms with Gasteiger partial charge in [0.15, 0.2) is 0 Å². The molecule has 0 aliphatic carbocycles. The number of imidazole rings is 1. The minimum absolute atomic E-state index is 0.107. The van der Waals surface area contributed by atoms with Crippen LogP contribution in [0.15, 0.2) is 33.7 Å². The van der Waals surface area contributed by atoms with Crippen molar-refractivity contribution in [3.8, 4) is 0 Å². The highest BCUT2D eigenvalue weighted by Gasteiger charge is 2.12. The summed E-state index contributed by atoms with van der Waals surface area (Å²) in [6, 6.07) is 3.59. The van der Waals surface area contributed by atoms with Crippen molar-refractivity contribution in [1.29, 1.82) is 0 Å². The number of azide groups is 1. The van der Waals surface area contributed by atoms with Crippen LogP contribution in [-0.4, -0.2) is 22.0 Å². The second-order valence-electron chi connectivity index (χ2n) is 4.08. The Morgan fingerprint density at radius 1 is 1.67 bits per heavy atom. The number of fused-ring (bicyclic) bond motifs is 1. The van der Waals surface area contributed by atoms with Crippen LogP contribution < -0.4 is 0 Å². The van der Waals surface area contributed by atoms with Crippen LogP contribution in [0.1, 0.15) is 18.2 Å². The predicted molar refractivity (Wildman–Crippen MR) is 81.4 cm³/mol. The third kappa shape index (κ3) is 3.07. The van der Waals surface area contributed by atoms with E-state index in [0.29, 0.717) is 11.2 Å². The van der Waals surface area contributed by atoms with Crippen LogP contribution in [0.2, 0.25) is 0 Å². The predicted octanol–water partition coefficient (Wildman–Crippen LogP) is 3.62. The van der Waals surface area contributed by atoms with E-state index in [0.717, 1.165) is 10.3 Å². The van der Waals surface area contributed by atoms with Crippen molar-refractivity contribution in [2.75, 3.05) is 6.61 Å². The fourth-order valence-corrected chi connectivity index (χ4v) is 2.19. The summed E-state index contributed by atoms with van der Waals surface area (Å²) in [6.07, 6.45) is 3.31. The van der Waals surface area contributed by atoms with Gasteiger partial charge in [0.2, 0.25) is 0 Å². The molecule has 0 aromatic carbocycles. The van der Waals surface area contributed by atoms with E-state index in [1.807, 2.05) is 23.6 Å². The number of rotatable bonds is 4. The number of ether oxygens (including phenoxy) is 1. The highest BCUT2D eigenvalue weighted by Crippen LogP contribution is 2.22. The highest BCUT2D eigenvalue weighted by atomic mass is 79.9. The molecule has 0 N–H and O–H groups in total. The van der Waals surface area contributed by atoms with E-state index >= 15 is 0 Å². The summed E-state index contributed by atoms with van der Waals surface area (Å²) < 4.78 is 7.52. The quantitative estimate of drug-likeness (QED) is 0.277.